The predicted molar refractivity (Wildman–Crippen MR) is 91.8 cm³/mol. The average molecular weight is 383 g/mol. The second kappa shape index (κ2) is 6.26. The summed E-state index contributed by atoms with van der Waals surface area (Å²) in [5.41, 5.74) is 2.66. The Morgan fingerprint density at radius 2 is 1.85 bits per heavy atom. The summed E-state index contributed by atoms with van der Waals surface area (Å²) in [6.45, 7) is 10.3. The first-order valence-electron chi connectivity index (χ1n) is 6.85. The lowest BCUT2D eigenvalue weighted by molar-refractivity contribution is 0.416. The highest BCUT2D eigenvalue weighted by Gasteiger charge is 2.12. The van der Waals surface area contributed by atoms with Gasteiger partial charge in [-0.25, -0.2) is 4.98 Å². The number of halogens is 1. The second-order valence-corrected chi connectivity index (χ2v) is 7.36. The van der Waals surface area contributed by atoms with Gasteiger partial charge in [-0.3, -0.25) is 0 Å². The van der Waals surface area contributed by atoms with Crippen molar-refractivity contribution in [3.8, 4) is 0 Å². The van der Waals surface area contributed by atoms with Gasteiger partial charge in [0.2, 0.25) is 0 Å². The normalized spacial score (nSPS) is 11.8. The number of nitrogens with one attached hydrogen (secondary N) is 1. The lowest BCUT2D eigenvalue weighted by Gasteiger charge is -2.21. The van der Waals surface area contributed by atoms with Crippen molar-refractivity contribution in [3.05, 3.63) is 51.1 Å². The molecule has 0 bridgehead atoms. The summed E-state index contributed by atoms with van der Waals surface area (Å²) in [5, 5.41) is 3.52. The van der Waals surface area contributed by atoms with Crippen LogP contribution in [0.1, 0.15) is 37.9 Å². The molecule has 2 rings (SSSR count). The highest BCUT2D eigenvalue weighted by atomic mass is 127. The van der Waals surface area contributed by atoms with Crippen LogP contribution in [0, 0.1) is 10.5 Å². The number of hydrogen-bond acceptors (Lipinski definition) is 2. The Hall–Kier alpha value is -0.880. The maximum absolute atomic E-state index is 4.45. The lowest BCUT2D eigenvalue weighted by atomic mass is 10.1. The molecule has 0 aliphatic heterocycles. The summed E-state index contributed by atoms with van der Waals surface area (Å²) < 4.78 is 3.55. The minimum Gasteiger partial charge on any atom is -0.327 e. The van der Waals surface area contributed by atoms with Crippen LogP contribution in [0.15, 0.2) is 30.5 Å². The molecule has 0 aliphatic carbocycles. The fourth-order valence-corrected chi connectivity index (χ4v) is 2.36. The maximum Gasteiger partial charge on any atom is 0.106 e. The predicted octanol–water partition coefficient (Wildman–Crippen LogP) is 3.73. The molecule has 3 nitrogen and oxygen atoms in total. The molecule has 20 heavy (non-hydrogen) atoms. The third-order valence-electron chi connectivity index (χ3n) is 3.19. The molecule has 0 aliphatic rings. The van der Waals surface area contributed by atoms with Gasteiger partial charge >= 0.3 is 0 Å². The van der Waals surface area contributed by atoms with Gasteiger partial charge in [0.15, 0.2) is 0 Å². The van der Waals surface area contributed by atoms with Crippen LogP contribution in [0.2, 0.25) is 0 Å². The van der Waals surface area contributed by atoms with Crippen molar-refractivity contribution in [1.29, 1.82) is 0 Å². The molecule has 1 N–H and O–H groups in total. The van der Waals surface area contributed by atoms with Crippen molar-refractivity contribution in [1.82, 2.24) is 14.9 Å². The lowest BCUT2D eigenvalue weighted by Crippen LogP contribution is -2.35. The van der Waals surface area contributed by atoms with Gasteiger partial charge in [0.1, 0.15) is 5.82 Å². The van der Waals surface area contributed by atoms with Crippen LogP contribution in [-0.2, 0) is 13.1 Å². The van der Waals surface area contributed by atoms with Crippen molar-refractivity contribution in [2.45, 2.75) is 46.3 Å². The summed E-state index contributed by atoms with van der Waals surface area (Å²) in [7, 11) is 0. The minimum atomic E-state index is 0.117. The van der Waals surface area contributed by atoms with Gasteiger partial charge < -0.3 is 9.88 Å². The fourth-order valence-electron chi connectivity index (χ4n) is 2.00. The third kappa shape index (κ3) is 4.31. The Kier molecular flexibility index (Phi) is 4.86. The fraction of sp³-hybridized carbons (Fsp3) is 0.438. The van der Waals surface area contributed by atoms with Crippen molar-refractivity contribution in [2.75, 3.05) is 0 Å². The molecule has 1 heterocycles. The zero-order valence-electron chi connectivity index (χ0n) is 12.6. The van der Waals surface area contributed by atoms with E-state index in [9.17, 15) is 0 Å². The number of nitrogens with zero attached hydrogens (tertiary/aromatic N) is 2. The molecule has 4 heteroatoms. The van der Waals surface area contributed by atoms with Crippen molar-refractivity contribution in [2.24, 2.45) is 0 Å². The van der Waals surface area contributed by atoms with E-state index in [-0.39, 0.29) is 5.54 Å². The molecule has 1 aromatic carbocycles. The molecule has 0 saturated heterocycles. The highest BCUT2D eigenvalue weighted by molar-refractivity contribution is 14.1. The van der Waals surface area contributed by atoms with Crippen LogP contribution >= 0.6 is 22.6 Å². The first-order chi connectivity index (χ1) is 9.35. The molecule has 0 amide bonds. The number of aromatic nitrogens is 2. The molecular formula is C16H22IN3. The molecule has 0 saturated carbocycles. The SMILES string of the molecule is Cc1ncc(CNC(C)(C)C)n1Cc1ccc(I)cc1. The van der Waals surface area contributed by atoms with Gasteiger partial charge in [0.05, 0.1) is 5.69 Å². The molecule has 0 spiro atoms. The van der Waals surface area contributed by atoms with E-state index in [1.165, 1.54) is 14.8 Å². The zero-order chi connectivity index (χ0) is 14.8. The topological polar surface area (TPSA) is 29.9 Å². The first-order valence-corrected chi connectivity index (χ1v) is 7.93. The van der Waals surface area contributed by atoms with Gasteiger partial charge in [-0.1, -0.05) is 12.1 Å². The Morgan fingerprint density at radius 3 is 2.45 bits per heavy atom. The van der Waals surface area contributed by atoms with Crippen LogP contribution in [0.25, 0.3) is 0 Å². The molecule has 2 aromatic rings. The van der Waals surface area contributed by atoms with Gasteiger partial charge in [-0.15, -0.1) is 0 Å². The van der Waals surface area contributed by atoms with Crippen LogP contribution in [0.4, 0.5) is 0 Å². The summed E-state index contributed by atoms with van der Waals surface area (Å²) in [6, 6.07) is 8.66. The Labute approximate surface area is 134 Å². The molecule has 108 valence electrons. The molecule has 0 fully saturated rings. The molecular weight excluding hydrogens is 361 g/mol. The first kappa shape index (κ1) is 15.5. The summed E-state index contributed by atoms with van der Waals surface area (Å²) >= 11 is 2.33. The molecule has 1 aromatic heterocycles. The van der Waals surface area contributed by atoms with Crippen molar-refractivity contribution in [3.63, 3.8) is 0 Å². The maximum atomic E-state index is 4.45. The van der Waals surface area contributed by atoms with Gasteiger partial charge in [-0.05, 0) is 68.0 Å². The van der Waals surface area contributed by atoms with E-state index < -0.39 is 0 Å². The summed E-state index contributed by atoms with van der Waals surface area (Å²) in [6.07, 6.45) is 1.97. The van der Waals surface area contributed by atoms with Gasteiger partial charge in [0.25, 0.3) is 0 Å². The Morgan fingerprint density at radius 1 is 1.20 bits per heavy atom. The molecule has 0 atom stereocenters. The number of hydrogen-bond donors (Lipinski definition) is 1. The van der Waals surface area contributed by atoms with E-state index in [0.29, 0.717) is 0 Å². The summed E-state index contributed by atoms with van der Waals surface area (Å²) in [4.78, 5) is 4.45. The largest absolute Gasteiger partial charge is 0.327 e. The van der Waals surface area contributed by atoms with Crippen LogP contribution in [0.5, 0.6) is 0 Å². The highest BCUT2D eigenvalue weighted by Crippen LogP contribution is 2.13. The van der Waals surface area contributed by atoms with E-state index in [4.69, 9.17) is 0 Å². The number of benzene rings is 1. The van der Waals surface area contributed by atoms with Crippen LogP contribution in [0.3, 0.4) is 0 Å². The van der Waals surface area contributed by atoms with Crippen molar-refractivity contribution < 1.29 is 0 Å². The number of aryl methyl sites for hydroxylation is 1. The third-order valence-corrected chi connectivity index (χ3v) is 3.91. The second-order valence-electron chi connectivity index (χ2n) is 6.11. The van der Waals surface area contributed by atoms with E-state index >= 15 is 0 Å². The van der Waals surface area contributed by atoms with Gasteiger partial charge in [-0.2, -0.15) is 0 Å². The monoisotopic (exact) mass is 383 g/mol. The number of imidazole rings is 1. The average Bonchev–Trinajstić information content (AvgIpc) is 2.70. The Bertz CT molecular complexity index is 564. The smallest absolute Gasteiger partial charge is 0.106 e. The van der Waals surface area contributed by atoms with E-state index in [0.717, 1.165) is 18.9 Å². The van der Waals surface area contributed by atoms with Crippen LogP contribution < -0.4 is 5.32 Å². The summed E-state index contributed by atoms with van der Waals surface area (Å²) in [5.74, 6) is 1.06. The number of rotatable bonds is 4. The minimum absolute atomic E-state index is 0.117. The quantitative estimate of drug-likeness (QED) is 0.816. The van der Waals surface area contributed by atoms with Crippen molar-refractivity contribution >= 4 is 22.6 Å². The van der Waals surface area contributed by atoms with Gasteiger partial charge in [0, 0.05) is 28.4 Å². The van der Waals surface area contributed by atoms with Crippen LogP contribution in [-0.4, -0.2) is 15.1 Å². The Balaban J connectivity index is 2.14. The van der Waals surface area contributed by atoms with E-state index in [1.54, 1.807) is 0 Å². The zero-order valence-corrected chi connectivity index (χ0v) is 14.7. The standard InChI is InChI=1S/C16H22IN3/c1-12-18-9-15(10-19-16(2,3)4)20(12)11-13-5-7-14(17)8-6-13/h5-9,19H,10-11H2,1-4H3. The molecule has 0 radical (unpaired) electrons. The van der Waals surface area contributed by atoms with E-state index in [2.05, 4.69) is 89.4 Å². The van der Waals surface area contributed by atoms with E-state index in [1.807, 2.05) is 6.20 Å². The molecule has 0 unspecified atom stereocenters.